The second-order valence-electron chi connectivity index (χ2n) is 4.71. The summed E-state index contributed by atoms with van der Waals surface area (Å²) in [7, 11) is 0. The lowest BCUT2D eigenvalue weighted by Crippen LogP contribution is -2.46. The van der Waals surface area contributed by atoms with Gasteiger partial charge in [0.1, 0.15) is 6.04 Å². The van der Waals surface area contributed by atoms with Crippen molar-refractivity contribution in [2.24, 2.45) is 5.73 Å². The lowest BCUT2D eigenvalue weighted by molar-refractivity contribution is -0.139. The van der Waals surface area contributed by atoms with Gasteiger partial charge in [-0.2, -0.15) is 0 Å². The van der Waals surface area contributed by atoms with Crippen molar-refractivity contribution in [1.82, 2.24) is 10.6 Å². The predicted octanol–water partition coefficient (Wildman–Crippen LogP) is 0.513. The Morgan fingerprint density at radius 2 is 2.05 bits per heavy atom. The lowest BCUT2D eigenvalue weighted by atomic mass is 10.1. The number of carbonyl (C=O) groups is 3. The normalized spacial score (nSPS) is 11.5. The van der Waals surface area contributed by atoms with Crippen molar-refractivity contribution in [2.45, 2.75) is 32.4 Å². The van der Waals surface area contributed by atoms with Crippen LogP contribution >= 0.6 is 0 Å². The summed E-state index contributed by atoms with van der Waals surface area (Å²) >= 11 is 0. The van der Waals surface area contributed by atoms with Crippen LogP contribution < -0.4 is 16.4 Å². The number of aliphatic carboxylic acids is 1. The molecule has 1 atom stereocenters. The van der Waals surface area contributed by atoms with Crippen LogP contribution in [0.1, 0.15) is 24.0 Å². The summed E-state index contributed by atoms with van der Waals surface area (Å²) in [6.45, 7) is 2.23. The number of hydrogen-bond acceptors (Lipinski definition) is 3. The van der Waals surface area contributed by atoms with Crippen LogP contribution in [0, 0.1) is 6.92 Å². The molecule has 0 saturated carbocycles. The minimum absolute atomic E-state index is 0.0392. The smallest absolute Gasteiger partial charge is 0.326 e. The maximum Gasteiger partial charge on any atom is 0.326 e. The number of carbonyl (C=O) groups excluding carboxylic acids is 2. The fraction of sp³-hybridized carbons (Fsp3) is 0.357. The highest BCUT2D eigenvalue weighted by atomic mass is 16.4. The van der Waals surface area contributed by atoms with Crippen LogP contribution in [0.2, 0.25) is 0 Å². The summed E-state index contributed by atoms with van der Waals surface area (Å²) in [5.74, 6) is -1.81. The number of primary amides is 1. The summed E-state index contributed by atoms with van der Waals surface area (Å²) in [6.07, 6.45) is -0.141. The molecule has 1 aromatic rings. The highest BCUT2D eigenvalue weighted by molar-refractivity contribution is 5.83. The number of nitrogens with one attached hydrogen (secondary N) is 2. The molecule has 0 heterocycles. The summed E-state index contributed by atoms with van der Waals surface area (Å²) in [5.41, 5.74) is 6.94. The Hall–Kier alpha value is -2.57. The van der Waals surface area contributed by atoms with Gasteiger partial charge in [0, 0.05) is 13.0 Å². The molecule has 0 aliphatic rings. The van der Waals surface area contributed by atoms with Crippen LogP contribution in [0.25, 0.3) is 0 Å². The Bertz CT molecular complexity index is 531. The first-order valence-corrected chi connectivity index (χ1v) is 6.49. The molecule has 7 nitrogen and oxygen atoms in total. The minimum Gasteiger partial charge on any atom is -0.480 e. The highest BCUT2D eigenvalue weighted by Crippen LogP contribution is 2.03. The average molecular weight is 293 g/mol. The van der Waals surface area contributed by atoms with E-state index in [9.17, 15) is 14.4 Å². The Morgan fingerprint density at radius 1 is 1.33 bits per heavy atom. The topological polar surface area (TPSA) is 122 Å². The van der Waals surface area contributed by atoms with Gasteiger partial charge in [0.15, 0.2) is 0 Å². The SMILES string of the molecule is Cc1cccc(CNC(=O)N[C@H](CCC(N)=O)C(=O)O)c1. The molecule has 5 N–H and O–H groups in total. The van der Waals surface area contributed by atoms with E-state index in [-0.39, 0.29) is 19.4 Å². The van der Waals surface area contributed by atoms with Crippen molar-refractivity contribution in [3.8, 4) is 0 Å². The Balaban J connectivity index is 2.46. The van der Waals surface area contributed by atoms with Crippen LogP contribution in [0.4, 0.5) is 4.79 Å². The maximum absolute atomic E-state index is 11.7. The number of aryl methyl sites for hydroxylation is 1. The van der Waals surface area contributed by atoms with Gasteiger partial charge in [0.25, 0.3) is 0 Å². The predicted molar refractivity (Wildman–Crippen MR) is 76.4 cm³/mol. The standard InChI is InChI=1S/C14H19N3O4/c1-9-3-2-4-10(7-9)8-16-14(21)17-11(13(19)20)5-6-12(15)18/h2-4,7,11H,5-6,8H2,1H3,(H2,15,18)(H,19,20)(H2,16,17,21)/t11-/m1/s1. The van der Waals surface area contributed by atoms with Crippen molar-refractivity contribution in [3.63, 3.8) is 0 Å². The van der Waals surface area contributed by atoms with Gasteiger partial charge in [-0.1, -0.05) is 29.8 Å². The minimum atomic E-state index is -1.21. The maximum atomic E-state index is 11.7. The molecule has 0 aliphatic heterocycles. The molecule has 1 rings (SSSR count). The second kappa shape index (κ2) is 7.88. The number of urea groups is 1. The third kappa shape index (κ3) is 6.42. The molecule has 0 saturated heterocycles. The van der Waals surface area contributed by atoms with E-state index in [1.165, 1.54) is 0 Å². The summed E-state index contributed by atoms with van der Waals surface area (Å²) < 4.78 is 0. The van der Waals surface area contributed by atoms with E-state index < -0.39 is 23.9 Å². The number of hydrogen-bond donors (Lipinski definition) is 4. The van der Waals surface area contributed by atoms with Crippen molar-refractivity contribution >= 4 is 17.9 Å². The van der Waals surface area contributed by atoms with Crippen molar-refractivity contribution in [3.05, 3.63) is 35.4 Å². The quantitative estimate of drug-likeness (QED) is 0.585. The number of benzene rings is 1. The molecular weight excluding hydrogens is 274 g/mol. The van der Waals surface area contributed by atoms with Crippen LogP contribution in [-0.4, -0.2) is 29.1 Å². The van der Waals surface area contributed by atoms with Crippen LogP contribution in [0.3, 0.4) is 0 Å². The van der Waals surface area contributed by atoms with Gasteiger partial charge in [-0.3, -0.25) is 4.79 Å². The summed E-state index contributed by atoms with van der Waals surface area (Å²) in [6, 6.07) is 5.84. The average Bonchev–Trinajstić information content (AvgIpc) is 2.40. The van der Waals surface area contributed by atoms with Crippen LogP contribution in [0.15, 0.2) is 24.3 Å². The van der Waals surface area contributed by atoms with E-state index >= 15 is 0 Å². The zero-order valence-electron chi connectivity index (χ0n) is 11.8. The van der Waals surface area contributed by atoms with E-state index in [1.807, 2.05) is 31.2 Å². The number of nitrogens with two attached hydrogens (primary N) is 1. The molecule has 7 heteroatoms. The molecule has 0 fully saturated rings. The van der Waals surface area contributed by atoms with Gasteiger partial charge >= 0.3 is 12.0 Å². The van der Waals surface area contributed by atoms with Gasteiger partial charge in [0.2, 0.25) is 5.91 Å². The molecule has 0 aliphatic carbocycles. The van der Waals surface area contributed by atoms with E-state index in [1.54, 1.807) is 0 Å². The third-order valence-corrected chi connectivity index (χ3v) is 2.82. The Kier molecular flexibility index (Phi) is 6.19. The van der Waals surface area contributed by atoms with Gasteiger partial charge in [-0.25, -0.2) is 9.59 Å². The van der Waals surface area contributed by atoms with Gasteiger partial charge in [-0.15, -0.1) is 0 Å². The van der Waals surface area contributed by atoms with E-state index in [4.69, 9.17) is 10.8 Å². The first-order valence-electron chi connectivity index (χ1n) is 6.49. The first-order chi connectivity index (χ1) is 9.88. The molecule has 0 aromatic heterocycles. The molecule has 21 heavy (non-hydrogen) atoms. The van der Waals surface area contributed by atoms with E-state index in [0.29, 0.717) is 0 Å². The first kappa shape index (κ1) is 16.5. The molecule has 1 aromatic carbocycles. The zero-order chi connectivity index (χ0) is 15.8. The summed E-state index contributed by atoms with van der Waals surface area (Å²) in [4.78, 5) is 33.3. The molecular formula is C14H19N3O4. The van der Waals surface area contributed by atoms with Gasteiger partial charge in [0.05, 0.1) is 0 Å². The fourth-order valence-corrected chi connectivity index (χ4v) is 1.76. The molecule has 0 radical (unpaired) electrons. The van der Waals surface area contributed by atoms with Crippen LogP contribution in [0.5, 0.6) is 0 Å². The fourth-order valence-electron chi connectivity index (χ4n) is 1.76. The third-order valence-electron chi connectivity index (χ3n) is 2.82. The van der Waals surface area contributed by atoms with Gasteiger partial charge < -0.3 is 21.5 Å². The lowest BCUT2D eigenvalue weighted by Gasteiger charge is -2.14. The monoisotopic (exact) mass is 293 g/mol. The van der Waals surface area contributed by atoms with Crippen molar-refractivity contribution < 1.29 is 19.5 Å². The molecule has 0 unspecified atom stereocenters. The van der Waals surface area contributed by atoms with Crippen molar-refractivity contribution in [1.29, 1.82) is 0 Å². The zero-order valence-corrected chi connectivity index (χ0v) is 11.8. The van der Waals surface area contributed by atoms with E-state index in [0.717, 1.165) is 11.1 Å². The Labute approximate surface area is 122 Å². The Morgan fingerprint density at radius 3 is 2.62 bits per heavy atom. The molecule has 0 spiro atoms. The molecule has 114 valence electrons. The number of rotatable bonds is 7. The molecule has 0 bridgehead atoms. The van der Waals surface area contributed by atoms with Crippen molar-refractivity contribution in [2.75, 3.05) is 0 Å². The number of amides is 3. The largest absolute Gasteiger partial charge is 0.480 e. The molecule has 3 amide bonds. The summed E-state index contributed by atoms with van der Waals surface area (Å²) in [5, 5.41) is 13.8. The number of carboxylic acid groups (broad SMARTS) is 1. The van der Waals surface area contributed by atoms with E-state index in [2.05, 4.69) is 10.6 Å². The van der Waals surface area contributed by atoms with Gasteiger partial charge in [-0.05, 0) is 18.9 Å². The second-order valence-corrected chi connectivity index (χ2v) is 4.71. The van der Waals surface area contributed by atoms with Crippen LogP contribution in [-0.2, 0) is 16.1 Å². The highest BCUT2D eigenvalue weighted by Gasteiger charge is 2.20. The number of carboxylic acids is 1.